The van der Waals surface area contributed by atoms with Crippen molar-refractivity contribution >= 4 is 17.9 Å². The van der Waals surface area contributed by atoms with Crippen LogP contribution in [-0.4, -0.2) is 59.1 Å². The van der Waals surface area contributed by atoms with Gasteiger partial charge in [-0.1, -0.05) is 13.2 Å². The maximum atomic E-state index is 12.4. The Morgan fingerprint density at radius 1 is 0.833 bits per heavy atom. The fraction of sp³-hybridized carbons (Fsp3) is 0.682. The second-order valence-corrected chi connectivity index (χ2v) is 8.40. The van der Waals surface area contributed by atoms with Crippen molar-refractivity contribution in [2.75, 3.05) is 6.61 Å². The van der Waals surface area contributed by atoms with E-state index in [2.05, 4.69) is 13.2 Å². The van der Waals surface area contributed by atoms with E-state index in [1.165, 1.54) is 6.92 Å². The first-order chi connectivity index (χ1) is 14.1. The van der Waals surface area contributed by atoms with Gasteiger partial charge in [0, 0.05) is 11.1 Å². The SMILES string of the molecule is C=C(C)C(=O)OC1CCC(COC(=O)C2CCC(OC(=O)C(=C)C)C(O)C2)CC1O. The summed E-state index contributed by atoms with van der Waals surface area (Å²) in [6.07, 6.45) is -0.462. The van der Waals surface area contributed by atoms with Gasteiger partial charge >= 0.3 is 17.9 Å². The van der Waals surface area contributed by atoms with Crippen LogP contribution in [0.4, 0.5) is 0 Å². The average molecular weight is 424 g/mol. The molecule has 2 aliphatic rings. The molecule has 8 nitrogen and oxygen atoms in total. The summed E-state index contributed by atoms with van der Waals surface area (Å²) in [6, 6.07) is 0. The molecule has 8 heteroatoms. The van der Waals surface area contributed by atoms with Crippen LogP contribution in [0.1, 0.15) is 52.4 Å². The van der Waals surface area contributed by atoms with Gasteiger partial charge in [-0.25, -0.2) is 9.59 Å². The van der Waals surface area contributed by atoms with Crippen LogP contribution in [0.15, 0.2) is 24.3 Å². The molecule has 0 heterocycles. The van der Waals surface area contributed by atoms with E-state index >= 15 is 0 Å². The van der Waals surface area contributed by atoms with Gasteiger partial charge in [0.2, 0.25) is 0 Å². The van der Waals surface area contributed by atoms with Crippen molar-refractivity contribution in [3.05, 3.63) is 24.3 Å². The molecule has 0 aromatic carbocycles. The van der Waals surface area contributed by atoms with Crippen LogP contribution >= 0.6 is 0 Å². The van der Waals surface area contributed by atoms with Crippen molar-refractivity contribution < 1.29 is 38.8 Å². The Hall–Kier alpha value is -2.19. The van der Waals surface area contributed by atoms with Crippen LogP contribution < -0.4 is 0 Å². The predicted octanol–water partition coefficient (Wildman–Crippen LogP) is 1.83. The number of ether oxygens (including phenoxy) is 3. The van der Waals surface area contributed by atoms with Crippen molar-refractivity contribution in [2.24, 2.45) is 11.8 Å². The molecule has 2 saturated carbocycles. The molecule has 0 amide bonds. The number of carbonyl (C=O) groups is 3. The predicted molar refractivity (Wildman–Crippen MR) is 107 cm³/mol. The first kappa shape index (κ1) is 24.1. The smallest absolute Gasteiger partial charge is 0.333 e. The van der Waals surface area contributed by atoms with E-state index in [0.717, 1.165) is 0 Å². The van der Waals surface area contributed by atoms with Crippen LogP contribution in [0.3, 0.4) is 0 Å². The minimum absolute atomic E-state index is 0.0264. The summed E-state index contributed by atoms with van der Waals surface area (Å²) in [7, 11) is 0. The highest BCUT2D eigenvalue weighted by Gasteiger charge is 2.37. The summed E-state index contributed by atoms with van der Waals surface area (Å²) in [5, 5.41) is 20.4. The molecule has 0 spiro atoms. The number of aliphatic hydroxyl groups excluding tert-OH is 2. The lowest BCUT2D eigenvalue weighted by Gasteiger charge is -2.34. The molecule has 0 saturated heterocycles. The molecule has 6 atom stereocenters. The van der Waals surface area contributed by atoms with E-state index in [-0.39, 0.29) is 30.1 Å². The van der Waals surface area contributed by atoms with Gasteiger partial charge in [0.15, 0.2) is 0 Å². The summed E-state index contributed by atoms with van der Waals surface area (Å²) in [5.41, 5.74) is 0.541. The maximum absolute atomic E-state index is 12.4. The molecule has 0 aliphatic heterocycles. The fourth-order valence-electron chi connectivity index (χ4n) is 3.76. The van der Waals surface area contributed by atoms with E-state index < -0.39 is 48.2 Å². The lowest BCUT2D eigenvalue weighted by Crippen LogP contribution is -2.41. The van der Waals surface area contributed by atoms with E-state index in [1.54, 1.807) is 6.92 Å². The molecule has 168 valence electrons. The average Bonchev–Trinajstić information content (AvgIpc) is 2.69. The van der Waals surface area contributed by atoms with Crippen LogP contribution in [0, 0.1) is 11.8 Å². The minimum Gasteiger partial charge on any atom is -0.465 e. The highest BCUT2D eigenvalue weighted by Crippen LogP contribution is 2.30. The van der Waals surface area contributed by atoms with Gasteiger partial charge in [-0.2, -0.15) is 0 Å². The lowest BCUT2D eigenvalue weighted by molar-refractivity contribution is -0.162. The van der Waals surface area contributed by atoms with Gasteiger partial charge in [-0.15, -0.1) is 0 Å². The molecule has 30 heavy (non-hydrogen) atoms. The number of esters is 3. The second-order valence-electron chi connectivity index (χ2n) is 8.40. The van der Waals surface area contributed by atoms with Gasteiger partial charge in [-0.3, -0.25) is 4.79 Å². The number of aliphatic hydroxyl groups is 2. The van der Waals surface area contributed by atoms with Gasteiger partial charge in [0.05, 0.1) is 24.7 Å². The number of hydrogen-bond donors (Lipinski definition) is 2. The van der Waals surface area contributed by atoms with Crippen LogP contribution in [-0.2, 0) is 28.6 Å². The molecular formula is C22H32O8. The van der Waals surface area contributed by atoms with Gasteiger partial charge in [0.1, 0.15) is 12.2 Å². The molecule has 0 aromatic rings. The van der Waals surface area contributed by atoms with E-state index in [1.807, 2.05) is 0 Å². The number of rotatable bonds is 7. The van der Waals surface area contributed by atoms with Crippen molar-refractivity contribution in [1.29, 1.82) is 0 Å². The summed E-state index contributed by atoms with van der Waals surface area (Å²) >= 11 is 0. The first-order valence-electron chi connectivity index (χ1n) is 10.3. The third kappa shape index (κ3) is 6.67. The largest absolute Gasteiger partial charge is 0.465 e. The summed E-state index contributed by atoms with van der Waals surface area (Å²) in [5.74, 6) is -1.96. The van der Waals surface area contributed by atoms with Crippen LogP contribution in [0.5, 0.6) is 0 Å². The molecule has 2 fully saturated rings. The van der Waals surface area contributed by atoms with Crippen molar-refractivity contribution in [1.82, 2.24) is 0 Å². The summed E-state index contributed by atoms with van der Waals surface area (Å²) < 4.78 is 15.9. The monoisotopic (exact) mass is 424 g/mol. The Bertz CT molecular complexity index is 685. The molecule has 0 radical (unpaired) electrons. The minimum atomic E-state index is -0.931. The Labute approximate surface area is 176 Å². The van der Waals surface area contributed by atoms with Crippen LogP contribution in [0.2, 0.25) is 0 Å². The molecule has 0 aromatic heterocycles. The summed E-state index contributed by atoms with van der Waals surface area (Å²) in [4.78, 5) is 35.6. The maximum Gasteiger partial charge on any atom is 0.333 e. The highest BCUT2D eigenvalue weighted by atomic mass is 16.6. The Balaban J connectivity index is 1.74. The Kier molecular flexibility index (Phi) is 8.61. The molecule has 2 rings (SSSR count). The second kappa shape index (κ2) is 10.7. The van der Waals surface area contributed by atoms with Crippen molar-refractivity contribution in [2.45, 2.75) is 76.8 Å². The molecular weight excluding hydrogens is 392 g/mol. The van der Waals surface area contributed by atoms with Crippen molar-refractivity contribution in [3.8, 4) is 0 Å². The normalized spacial score (nSPS) is 31.3. The number of carbonyl (C=O) groups excluding carboxylic acids is 3. The third-order valence-electron chi connectivity index (χ3n) is 5.63. The highest BCUT2D eigenvalue weighted by molar-refractivity contribution is 5.87. The molecule has 0 bridgehead atoms. The zero-order valence-electron chi connectivity index (χ0n) is 17.7. The van der Waals surface area contributed by atoms with Gasteiger partial charge in [-0.05, 0) is 58.3 Å². The topological polar surface area (TPSA) is 119 Å². The third-order valence-corrected chi connectivity index (χ3v) is 5.63. The molecule has 2 aliphatic carbocycles. The summed E-state index contributed by atoms with van der Waals surface area (Å²) in [6.45, 7) is 10.3. The quantitative estimate of drug-likeness (QED) is 0.361. The zero-order valence-corrected chi connectivity index (χ0v) is 17.7. The molecule has 2 N–H and O–H groups in total. The van der Waals surface area contributed by atoms with Gasteiger partial charge < -0.3 is 24.4 Å². The fourth-order valence-corrected chi connectivity index (χ4v) is 3.76. The standard InChI is InChI=1S/C22H32O8/c1-12(2)20(25)29-18-7-5-14(9-16(18)23)11-28-22(27)15-6-8-19(17(24)10-15)30-21(26)13(3)4/h14-19,23-24H,1,3,5-11H2,2,4H3. The first-order valence-corrected chi connectivity index (χ1v) is 10.3. The van der Waals surface area contributed by atoms with Crippen LogP contribution in [0.25, 0.3) is 0 Å². The Morgan fingerprint density at radius 3 is 1.80 bits per heavy atom. The van der Waals surface area contributed by atoms with E-state index in [4.69, 9.17) is 14.2 Å². The number of hydrogen-bond acceptors (Lipinski definition) is 8. The zero-order chi connectivity index (χ0) is 22.4. The van der Waals surface area contributed by atoms with Crippen molar-refractivity contribution in [3.63, 3.8) is 0 Å². The van der Waals surface area contributed by atoms with E-state index in [0.29, 0.717) is 32.1 Å². The van der Waals surface area contributed by atoms with Gasteiger partial charge in [0.25, 0.3) is 0 Å². The molecule has 6 unspecified atom stereocenters. The Morgan fingerprint density at radius 2 is 1.33 bits per heavy atom. The lowest BCUT2D eigenvalue weighted by atomic mass is 9.84. The van der Waals surface area contributed by atoms with E-state index in [9.17, 15) is 24.6 Å².